The van der Waals surface area contributed by atoms with Gasteiger partial charge >= 0.3 is 0 Å². The Bertz CT molecular complexity index is 1040. The number of hydrogen-bond donors (Lipinski definition) is 1. The van der Waals surface area contributed by atoms with Crippen molar-refractivity contribution in [2.24, 2.45) is 0 Å². The summed E-state index contributed by atoms with van der Waals surface area (Å²) in [7, 11) is 0. The van der Waals surface area contributed by atoms with Crippen LogP contribution in [0.25, 0.3) is 0 Å². The first-order valence-electron chi connectivity index (χ1n) is 12.5. The van der Waals surface area contributed by atoms with E-state index in [0.29, 0.717) is 0 Å². The van der Waals surface area contributed by atoms with Gasteiger partial charge in [-0.05, 0) is 90.5 Å². The van der Waals surface area contributed by atoms with E-state index in [0.717, 1.165) is 11.0 Å². The SMILES string of the molecule is Cc1cc(C)c(P(=S)(Nc2c(C(C)(C)C)cc(C(C)(C)C)cc2C(C)(C)C)OC(C)C)c(C)c1. The number of nitrogens with one attached hydrogen (secondary N) is 1. The van der Waals surface area contributed by atoms with Crippen LogP contribution in [0.1, 0.15) is 110 Å². The van der Waals surface area contributed by atoms with Crippen molar-refractivity contribution >= 4 is 29.2 Å². The Morgan fingerprint density at radius 3 is 1.47 bits per heavy atom. The van der Waals surface area contributed by atoms with E-state index in [-0.39, 0.29) is 22.3 Å². The molecule has 0 spiro atoms. The second-order valence-electron chi connectivity index (χ2n) is 13.3. The summed E-state index contributed by atoms with van der Waals surface area (Å²) in [5, 5.41) is 5.09. The lowest BCUT2D eigenvalue weighted by Gasteiger charge is -2.37. The summed E-state index contributed by atoms with van der Waals surface area (Å²) in [5.41, 5.74) is 8.71. The zero-order valence-electron chi connectivity index (χ0n) is 24.2. The zero-order chi connectivity index (χ0) is 26.4. The third kappa shape index (κ3) is 6.54. The standard InChI is InChI=1S/C30H48NOPS/c1-19(2)32-33(34,27-21(4)15-20(3)16-22(27)5)31-26-24(29(9,10)11)17-23(28(6,7)8)18-25(26)30(12,13)14/h15-19H,1-14H3,(H,31,34). The van der Waals surface area contributed by atoms with Crippen molar-refractivity contribution in [3.05, 3.63) is 57.6 Å². The molecular weight excluding hydrogens is 453 g/mol. The van der Waals surface area contributed by atoms with E-state index in [9.17, 15) is 0 Å². The molecule has 0 aromatic heterocycles. The molecule has 1 unspecified atom stereocenters. The molecule has 2 nitrogen and oxygen atoms in total. The van der Waals surface area contributed by atoms with Crippen molar-refractivity contribution in [2.75, 3.05) is 5.09 Å². The van der Waals surface area contributed by atoms with Crippen LogP contribution in [0.2, 0.25) is 0 Å². The van der Waals surface area contributed by atoms with Crippen LogP contribution in [-0.4, -0.2) is 6.10 Å². The molecule has 2 aromatic carbocycles. The molecule has 2 rings (SSSR count). The maximum absolute atomic E-state index is 6.68. The van der Waals surface area contributed by atoms with Crippen LogP contribution >= 0.6 is 6.42 Å². The zero-order valence-corrected chi connectivity index (χ0v) is 25.9. The van der Waals surface area contributed by atoms with E-state index in [1.54, 1.807) is 0 Å². The van der Waals surface area contributed by atoms with Gasteiger partial charge in [-0.1, -0.05) is 92.1 Å². The lowest BCUT2D eigenvalue weighted by molar-refractivity contribution is 0.274. The van der Waals surface area contributed by atoms with Crippen molar-refractivity contribution in [1.82, 2.24) is 0 Å². The van der Waals surface area contributed by atoms with Crippen molar-refractivity contribution in [3.8, 4) is 0 Å². The first-order chi connectivity index (χ1) is 15.2. The molecule has 0 bridgehead atoms. The third-order valence-corrected chi connectivity index (χ3v) is 9.78. The van der Waals surface area contributed by atoms with Crippen LogP contribution in [-0.2, 0) is 32.6 Å². The molecule has 190 valence electrons. The fourth-order valence-corrected chi connectivity index (χ4v) is 8.71. The average Bonchev–Trinajstić information content (AvgIpc) is 2.56. The Balaban J connectivity index is 2.96. The molecule has 0 aliphatic carbocycles. The average molecular weight is 502 g/mol. The Kier molecular flexibility index (Phi) is 8.31. The molecule has 0 fully saturated rings. The highest BCUT2D eigenvalue weighted by Crippen LogP contribution is 2.53. The predicted octanol–water partition coefficient (Wildman–Crippen LogP) is 8.98. The fourth-order valence-electron chi connectivity index (χ4n) is 4.59. The minimum absolute atomic E-state index is 0.0171. The highest BCUT2D eigenvalue weighted by molar-refractivity contribution is 8.16. The summed E-state index contributed by atoms with van der Waals surface area (Å²) in [5.74, 6) is 0. The van der Waals surface area contributed by atoms with E-state index in [2.05, 4.69) is 126 Å². The van der Waals surface area contributed by atoms with Gasteiger partial charge in [0.15, 0.2) is 6.42 Å². The van der Waals surface area contributed by atoms with Gasteiger partial charge in [0.05, 0.1) is 6.10 Å². The number of anilines is 1. The first kappa shape index (κ1) is 29.1. The van der Waals surface area contributed by atoms with Gasteiger partial charge in [-0.25, -0.2) is 0 Å². The molecule has 0 amide bonds. The van der Waals surface area contributed by atoms with E-state index >= 15 is 0 Å². The molecule has 0 aliphatic heterocycles. The van der Waals surface area contributed by atoms with Gasteiger partial charge in [0.2, 0.25) is 0 Å². The fraction of sp³-hybridized carbons (Fsp3) is 0.600. The third-order valence-electron chi connectivity index (χ3n) is 6.17. The molecule has 0 radical (unpaired) electrons. The Labute approximate surface area is 215 Å². The van der Waals surface area contributed by atoms with Crippen LogP contribution in [0.5, 0.6) is 0 Å². The summed E-state index contributed by atoms with van der Waals surface area (Å²) < 4.78 is 6.68. The van der Waals surface area contributed by atoms with Crippen molar-refractivity contribution in [3.63, 3.8) is 0 Å². The maximum Gasteiger partial charge on any atom is 0.184 e. The number of hydrogen-bond acceptors (Lipinski definition) is 2. The monoisotopic (exact) mass is 501 g/mol. The minimum Gasteiger partial charge on any atom is -0.333 e. The molecule has 0 saturated heterocycles. The van der Waals surface area contributed by atoms with Crippen LogP contribution < -0.4 is 10.4 Å². The van der Waals surface area contributed by atoms with Gasteiger partial charge < -0.3 is 9.61 Å². The Morgan fingerprint density at radius 2 is 1.15 bits per heavy atom. The van der Waals surface area contributed by atoms with E-state index in [1.165, 1.54) is 33.4 Å². The Hall–Kier alpha value is -1.15. The van der Waals surface area contributed by atoms with Crippen molar-refractivity contribution < 1.29 is 4.52 Å². The quantitative estimate of drug-likeness (QED) is 0.413. The van der Waals surface area contributed by atoms with Gasteiger partial charge in [-0.2, -0.15) is 0 Å². The lowest BCUT2D eigenvalue weighted by Crippen LogP contribution is -2.27. The summed E-state index contributed by atoms with van der Waals surface area (Å²) in [6.07, 6.45) is -2.59. The topological polar surface area (TPSA) is 21.3 Å². The molecule has 0 aliphatic rings. The van der Waals surface area contributed by atoms with E-state index in [1.807, 2.05) is 0 Å². The number of benzene rings is 2. The lowest BCUT2D eigenvalue weighted by atomic mass is 9.74. The molecule has 34 heavy (non-hydrogen) atoms. The maximum atomic E-state index is 6.68. The molecule has 4 heteroatoms. The summed E-state index contributed by atoms with van der Waals surface area (Å²) >= 11 is 6.49. The van der Waals surface area contributed by atoms with Crippen LogP contribution in [0.4, 0.5) is 5.69 Å². The highest BCUT2D eigenvalue weighted by Gasteiger charge is 2.34. The molecule has 1 atom stereocenters. The predicted molar refractivity (Wildman–Crippen MR) is 157 cm³/mol. The van der Waals surface area contributed by atoms with Gasteiger partial charge in [0, 0.05) is 11.0 Å². The minimum atomic E-state index is -2.61. The smallest absolute Gasteiger partial charge is 0.184 e. The van der Waals surface area contributed by atoms with Crippen molar-refractivity contribution in [1.29, 1.82) is 0 Å². The van der Waals surface area contributed by atoms with Crippen LogP contribution in [0.15, 0.2) is 24.3 Å². The molecule has 2 aromatic rings. The molecule has 1 N–H and O–H groups in total. The molecule has 0 heterocycles. The van der Waals surface area contributed by atoms with Gasteiger partial charge in [-0.3, -0.25) is 0 Å². The van der Waals surface area contributed by atoms with Crippen LogP contribution in [0.3, 0.4) is 0 Å². The summed E-state index contributed by atoms with van der Waals surface area (Å²) in [6, 6.07) is 9.24. The molecule has 0 saturated carbocycles. The summed E-state index contributed by atoms with van der Waals surface area (Å²) in [6.45, 7) is 31.3. The largest absolute Gasteiger partial charge is 0.333 e. The van der Waals surface area contributed by atoms with E-state index < -0.39 is 6.42 Å². The second kappa shape index (κ2) is 9.72. The van der Waals surface area contributed by atoms with Crippen LogP contribution in [0, 0.1) is 20.8 Å². The first-order valence-corrected chi connectivity index (χ1v) is 15.2. The van der Waals surface area contributed by atoms with Gasteiger partial charge in [-0.15, -0.1) is 0 Å². The van der Waals surface area contributed by atoms with E-state index in [4.69, 9.17) is 16.3 Å². The normalized spacial score (nSPS) is 14.9. The van der Waals surface area contributed by atoms with Gasteiger partial charge in [0.1, 0.15) is 0 Å². The number of aryl methyl sites for hydroxylation is 3. The second-order valence-corrected chi connectivity index (χ2v) is 16.8. The highest BCUT2D eigenvalue weighted by atomic mass is 32.4. The van der Waals surface area contributed by atoms with Gasteiger partial charge in [0.25, 0.3) is 0 Å². The van der Waals surface area contributed by atoms with Crippen molar-refractivity contribution in [2.45, 2.75) is 119 Å². The number of rotatable bonds is 5. The molecular formula is C30H48NOPS. The summed E-state index contributed by atoms with van der Waals surface area (Å²) in [4.78, 5) is 0. The Morgan fingerprint density at radius 1 is 0.735 bits per heavy atom.